The summed E-state index contributed by atoms with van der Waals surface area (Å²) in [4.78, 5) is 10.8. The van der Waals surface area contributed by atoms with Gasteiger partial charge in [-0.05, 0) is 6.92 Å². The van der Waals surface area contributed by atoms with E-state index >= 15 is 0 Å². The van der Waals surface area contributed by atoms with Gasteiger partial charge in [0, 0.05) is 0 Å². The van der Waals surface area contributed by atoms with E-state index in [-0.39, 0.29) is 0 Å². The molecule has 1 aromatic rings. The number of esters is 1. The minimum Gasteiger partial charge on any atom is -0.464 e. The Balaban J connectivity index is 2.93. The van der Waals surface area contributed by atoms with Gasteiger partial charge in [0.05, 0.1) is 24.5 Å². The van der Waals surface area contributed by atoms with Gasteiger partial charge in [0.2, 0.25) is 0 Å². The van der Waals surface area contributed by atoms with Crippen LogP contribution >= 0.6 is 11.7 Å². The number of rotatable bonds is 1. The molecule has 10 heavy (non-hydrogen) atoms. The highest BCUT2D eigenvalue weighted by atomic mass is 32.1. The Morgan fingerprint density at radius 3 is 2.70 bits per heavy atom. The van der Waals surface area contributed by atoms with Gasteiger partial charge in [0.15, 0.2) is 5.69 Å². The lowest BCUT2D eigenvalue weighted by atomic mass is 10.4. The van der Waals surface area contributed by atoms with Gasteiger partial charge in [-0.1, -0.05) is 0 Å². The van der Waals surface area contributed by atoms with Gasteiger partial charge in [0.25, 0.3) is 0 Å². The van der Waals surface area contributed by atoms with E-state index in [1.165, 1.54) is 7.11 Å². The fourth-order valence-electron chi connectivity index (χ4n) is 0.513. The summed E-state index contributed by atoms with van der Waals surface area (Å²) in [6.45, 7) is 1.72. The van der Waals surface area contributed by atoms with Crippen LogP contribution in [-0.4, -0.2) is 21.8 Å². The van der Waals surface area contributed by atoms with Gasteiger partial charge in [-0.25, -0.2) is 4.79 Å². The van der Waals surface area contributed by atoms with Crippen molar-refractivity contribution in [1.29, 1.82) is 0 Å². The largest absolute Gasteiger partial charge is 0.464 e. The molecule has 0 spiro atoms. The number of aromatic nitrogens is 2. The maximum Gasteiger partial charge on any atom is 0.359 e. The van der Waals surface area contributed by atoms with E-state index in [4.69, 9.17) is 0 Å². The molecule has 0 N–H and O–H groups in total. The number of nitrogens with zero attached hydrogens (tertiary/aromatic N) is 2. The molecular formula is C5H6N2O2S. The van der Waals surface area contributed by atoms with Crippen molar-refractivity contribution in [2.75, 3.05) is 7.11 Å². The molecule has 54 valence electrons. The highest BCUT2D eigenvalue weighted by molar-refractivity contribution is 6.99. The maximum atomic E-state index is 10.8. The summed E-state index contributed by atoms with van der Waals surface area (Å²) in [5.74, 6) is -0.425. The van der Waals surface area contributed by atoms with E-state index in [0.717, 1.165) is 11.7 Å². The molecule has 0 atom stereocenters. The molecule has 1 aromatic heterocycles. The first-order valence-electron chi connectivity index (χ1n) is 2.63. The molecule has 0 saturated heterocycles. The first-order chi connectivity index (χ1) is 4.75. The smallest absolute Gasteiger partial charge is 0.359 e. The molecule has 1 rings (SSSR count). The molecule has 4 nitrogen and oxygen atoms in total. The topological polar surface area (TPSA) is 52.1 Å². The van der Waals surface area contributed by atoms with Crippen molar-refractivity contribution in [2.45, 2.75) is 6.92 Å². The molecule has 0 unspecified atom stereocenters. The zero-order valence-electron chi connectivity index (χ0n) is 5.62. The molecule has 0 radical (unpaired) electrons. The van der Waals surface area contributed by atoms with Crippen molar-refractivity contribution in [1.82, 2.24) is 8.75 Å². The van der Waals surface area contributed by atoms with Gasteiger partial charge in [-0.2, -0.15) is 8.75 Å². The third kappa shape index (κ3) is 1.13. The average molecular weight is 159 g/mol. The molecule has 0 fully saturated rings. The van der Waals surface area contributed by atoms with Gasteiger partial charge in [-0.15, -0.1) is 0 Å². The second-order valence-corrected chi connectivity index (χ2v) is 2.22. The van der Waals surface area contributed by atoms with Crippen LogP contribution in [-0.2, 0) is 4.74 Å². The first kappa shape index (κ1) is 7.14. The van der Waals surface area contributed by atoms with Crippen LogP contribution in [0.4, 0.5) is 0 Å². The van der Waals surface area contributed by atoms with Gasteiger partial charge in [-0.3, -0.25) is 0 Å². The van der Waals surface area contributed by atoms with Crippen molar-refractivity contribution in [3.05, 3.63) is 11.4 Å². The van der Waals surface area contributed by atoms with Crippen molar-refractivity contribution in [2.24, 2.45) is 0 Å². The Morgan fingerprint density at radius 2 is 2.30 bits per heavy atom. The van der Waals surface area contributed by atoms with Gasteiger partial charge in [0.1, 0.15) is 0 Å². The van der Waals surface area contributed by atoms with E-state index in [9.17, 15) is 4.79 Å². The average Bonchev–Trinajstić information content (AvgIpc) is 2.34. The molecular weight excluding hydrogens is 153 g/mol. The molecule has 5 heteroatoms. The van der Waals surface area contributed by atoms with Gasteiger partial charge < -0.3 is 4.74 Å². The number of methoxy groups -OCH3 is 1. The number of ether oxygens (including phenoxy) is 1. The Hall–Kier alpha value is -0.970. The van der Waals surface area contributed by atoms with Crippen molar-refractivity contribution in [3.63, 3.8) is 0 Å². The van der Waals surface area contributed by atoms with Crippen LogP contribution in [0.3, 0.4) is 0 Å². The predicted octanol–water partition coefficient (Wildman–Crippen LogP) is 0.633. The lowest BCUT2D eigenvalue weighted by Gasteiger charge is -1.91. The zero-order valence-corrected chi connectivity index (χ0v) is 6.44. The number of carbonyl (C=O) groups is 1. The number of hydrogen-bond donors (Lipinski definition) is 0. The summed E-state index contributed by atoms with van der Waals surface area (Å²) >= 11 is 1.01. The summed E-state index contributed by atoms with van der Waals surface area (Å²) in [6, 6.07) is 0. The number of aryl methyl sites for hydroxylation is 1. The van der Waals surface area contributed by atoms with Crippen LogP contribution in [0.15, 0.2) is 0 Å². The standard InChI is InChI=1S/C5H6N2O2S/c1-3-4(5(8)9-2)7-10-6-3/h1-2H3/i6+1. The van der Waals surface area contributed by atoms with Crippen LogP contribution in [0.2, 0.25) is 0 Å². The molecule has 0 aliphatic rings. The van der Waals surface area contributed by atoms with Crippen molar-refractivity contribution >= 4 is 17.7 Å². The van der Waals surface area contributed by atoms with E-state index in [2.05, 4.69) is 13.5 Å². The normalized spacial score (nSPS) is 9.40. The fourth-order valence-corrected chi connectivity index (χ4v) is 1.05. The fraction of sp³-hybridized carbons (Fsp3) is 0.400. The van der Waals surface area contributed by atoms with Crippen LogP contribution in [0, 0.1) is 6.92 Å². The minimum absolute atomic E-state index is 0.313. The quantitative estimate of drug-likeness (QED) is 0.564. The lowest BCUT2D eigenvalue weighted by Crippen LogP contribution is -2.02. The van der Waals surface area contributed by atoms with E-state index in [1.54, 1.807) is 6.92 Å². The highest BCUT2D eigenvalue weighted by Gasteiger charge is 2.12. The summed E-state index contributed by atoms with van der Waals surface area (Å²) < 4.78 is 12.0. The molecule has 0 bridgehead atoms. The number of hydrogen-bond acceptors (Lipinski definition) is 5. The molecule has 0 amide bonds. The molecule has 0 aromatic carbocycles. The number of carbonyl (C=O) groups excluding carboxylic acids is 1. The summed E-state index contributed by atoms with van der Waals surface area (Å²) in [7, 11) is 1.32. The van der Waals surface area contributed by atoms with E-state index in [1.807, 2.05) is 0 Å². The third-order valence-electron chi connectivity index (χ3n) is 1.03. The van der Waals surface area contributed by atoms with Crippen molar-refractivity contribution < 1.29 is 9.53 Å². The Bertz CT molecular complexity index is 246. The first-order valence-corrected chi connectivity index (χ1v) is 3.36. The van der Waals surface area contributed by atoms with Crippen LogP contribution < -0.4 is 0 Å². The van der Waals surface area contributed by atoms with E-state index < -0.39 is 5.97 Å². The Kier molecular flexibility index (Phi) is 1.96. The summed E-state index contributed by atoms with van der Waals surface area (Å²) in [6.07, 6.45) is 0. The Morgan fingerprint density at radius 1 is 1.60 bits per heavy atom. The predicted molar refractivity (Wildman–Crippen MR) is 36.0 cm³/mol. The summed E-state index contributed by atoms with van der Waals surface area (Å²) in [5, 5.41) is 0. The lowest BCUT2D eigenvalue weighted by molar-refractivity contribution is 0.0594. The van der Waals surface area contributed by atoms with Crippen LogP contribution in [0.1, 0.15) is 16.2 Å². The maximum absolute atomic E-state index is 10.8. The minimum atomic E-state index is -0.425. The van der Waals surface area contributed by atoms with Crippen molar-refractivity contribution in [3.8, 4) is 0 Å². The van der Waals surface area contributed by atoms with Crippen LogP contribution in [0.25, 0.3) is 0 Å². The highest BCUT2D eigenvalue weighted by Crippen LogP contribution is 2.04. The Labute approximate surface area is 62.2 Å². The second kappa shape index (κ2) is 2.74. The molecule has 0 aliphatic heterocycles. The zero-order chi connectivity index (χ0) is 7.56. The van der Waals surface area contributed by atoms with Crippen LogP contribution in [0.5, 0.6) is 0 Å². The monoisotopic (exact) mass is 159 g/mol. The molecule has 0 aliphatic carbocycles. The SMILES string of the molecule is COC(=O)c1ns[15n]c1C. The summed E-state index contributed by atoms with van der Waals surface area (Å²) in [5.41, 5.74) is 0.935. The molecule has 1 heterocycles. The van der Waals surface area contributed by atoms with Gasteiger partial charge >= 0.3 is 5.97 Å². The second-order valence-electron chi connectivity index (χ2n) is 1.69. The third-order valence-corrected chi connectivity index (χ3v) is 1.65. The molecule has 0 saturated carbocycles. The van der Waals surface area contributed by atoms with E-state index in [0.29, 0.717) is 11.4 Å².